The topological polar surface area (TPSA) is 43.1 Å². The Morgan fingerprint density at radius 1 is 1.64 bits per heavy atom. The van der Waals surface area contributed by atoms with E-state index in [0.717, 1.165) is 18.6 Å². The number of carbonyl (C=O) groups is 1. The van der Waals surface area contributed by atoms with Gasteiger partial charge in [-0.25, -0.2) is 0 Å². The Bertz CT molecular complexity index is 174. The highest BCUT2D eigenvalue weighted by Gasteiger charge is 2.63. The Kier molecular flexibility index (Phi) is 1.53. The van der Waals surface area contributed by atoms with Crippen molar-refractivity contribution in [2.24, 2.45) is 17.1 Å². The van der Waals surface area contributed by atoms with Crippen molar-refractivity contribution in [1.82, 2.24) is 0 Å². The van der Waals surface area contributed by atoms with E-state index in [1.54, 1.807) is 0 Å². The van der Waals surface area contributed by atoms with E-state index in [9.17, 15) is 4.79 Å². The van der Waals surface area contributed by atoms with Crippen molar-refractivity contribution in [2.75, 3.05) is 0 Å². The molecule has 2 heteroatoms. The fourth-order valence-electron chi connectivity index (χ4n) is 2.18. The summed E-state index contributed by atoms with van der Waals surface area (Å²) < 4.78 is 0. The molecule has 1 spiro atoms. The highest BCUT2D eigenvalue weighted by molar-refractivity contribution is 5.49. The van der Waals surface area contributed by atoms with Gasteiger partial charge >= 0.3 is 0 Å². The molecule has 62 valence electrons. The summed E-state index contributed by atoms with van der Waals surface area (Å²) in [6.07, 6.45) is 6.65. The molecule has 2 aliphatic carbocycles. The monoisotopic (exact) mass is 153 g/mol. The number of hydrogen-bond acceptors (Lipinski definition) is 2. The minimum absolute atomic E-state index is 0.308. The first-order chi connectivity index (χ1) is 5.28. The molecule has 11 heavy (non-hydrogen) atoms. The molecule has 2 N–H and O–H groups in total. The Hall–Kier alpha value is -0.370. The molecule has 2 atom stereocenters. The third kappa shape index (κ3) is 1.20. The molecule has 0 aromatic heterocycles. The highest BCUT2D eigenvalue weighted by atomic mass is 16.1. The maximum absolute atomic E-state index is 10.1. The van der Waals surface area contributed by atoms with Gasteiger partial charge < -0.3 is 10.5 Å². The molecule has 0 aromatic rings. The zero-order valence-electron chi connectivity index (χ0n) is 6.75. The van der Waals surface area contributed by atoms with Crippen LogP contribution < -0.4 is 5.73 Å². The lowest BCUT2D eigenvalue weighted by Gasteiger charge is -2.07. The van der Waals surface area contributed by atoms with Crippen LogP contribution in [0.4, 0.5) is 0 Å². The van der Waals surface area contributed by atoms with Crippen molar-refractivity contribution < 1.29 is 4.79 Å². The highest BCUT2D eigenvalue weighted by Crippen LogP contribution is 2.71. The second-order valence-electron chi connectivity index (χ2n) is 4.08. The fourth-order valence-corrected chi connectivity index (χ4v) is 2.18. The Labute approximate surface area is 67.1 Å². The van der Waals surface area contributed by atoms with Crippen molar-refractivity contribution in [3.8, 4) is 0 Å². The van der Waals surface area contributed by atoms with E-state index in [2.05, 4.69) is 0 Å². The molecule has 2 saturated carbocycles. The van der Waals surface area contributed by atoms with Crippen molar-refractivity contribution in [1.29, 1.82) is 0 Å². The molecule has 2 unspecified atom stereocenters. The van der Waals surface area contributed by atoms with Gasteiger partial charge in [0.1, 0.15) is 6.29 Å². The summed E-state index contributed by atoms with van der Waals surface area (Å²) in [7, 11) is 0. The first kappa shape index (κ1) is 7.29. The van der Waals surface area contributed by atoms with E-state index in [-0.39, 0.29) is 0 Å². The van der Waals surface area contributed by atoms with E-state index >= 15 is 0 Å². The Morgan fingerprint density at radius 3 is 2.82 bits per heavy atom. The Morgan fingerprint density at radius 2 is 2.36 bits per heavy atom. The van der Waals surface area contributed by atoms with Crippen LogP contribution in [-0.2, 0) is 4.79 Å². The lowest BCUT2D eigenvalue weighted by Crippen LogP contribution is -2.23. The van der Waals surface area contributed by atoms with Gasteiger partial charge in [0.15, 0.2) is 0 Å². The minimum atomic E-state index is 0.308. The van der Waals surface area contributed by atoms with Gasteiger partial charge in [0.05, 0.1) is 0 Å². The molecule has 2 nitrogen and oxygen atoms in total. The molecule has 2 fully saturated rings. The van der Waals surface area contributed by atoms with Crippen LogP contribution in [-0.4, -0.2) is 12.3 Å². The number of rotatable bonds is 4. The number of carbonyl (C=O) groups excluding carboxylic acids is 1. The molecule has 0 heterocycles. The summed E-state index contributed by atoms with van der Waals surface area (Å²) in [5.74, 6) is 0.766. The zero-order chi connectivity index (χ0) is 7.90. The predicted octanol–water partition coefficient (Wildman–Crippen LogP) is 1.09. The fraction of sp³-hybridized carbons (Fsp3) is 0.889. The SMILES string of the molecule is NC(CCC=O)C1CC12CC2. The van der Waals surface area contributed by atoms with Gasteiger partial charge in [-0.2, -0.15) is 0 Å². The summed E-state index contributed by atoms with van der Waals surface area (Å²) >= 11 is 0. The van der Waals surface area contributed by atoms with Crippen LogP contribution in [0.15, 0.2) is 0 Å². The molecule has 2 aliphatic rings. The van der Waals surface area contributed by atoms with Crippen molar-refractivity contribution in [3.63, 3.8) is 0 Å². The largest absolute Gasteiger partial charge is 0.327 e. The number of hydrogen-bond donors (Lipinski definition) is 1. The van der Waals surface area contributed by atoms with Crippen molar-refractivity contribution in [2.45, 2.75) is 38.1 Å². The molecular weight excluding hydrogens is 138 g/mol. The van der Waals surface area contributed by atoms with Gasteiger partial charge in [-0.1, -0.05) is 0 Å². The quantitative estimate of drug-likeness (QED) is 0.614. The van der Waals surface area contributed by atoms with Crippen LogP contribution >= 0.6 is 0 Å². The average Bonchev–Trinajstić information content (AvgIpc) is 2.89. The van der Waals surface area contributed by atoms with E-state index in [1.165, 1.54) is 19.3 Å². The van der Waals surface area contributed by atoms with Gasteiger partial charge in [0.25, 0.3) is 0 Å². The first-order valence-corrected chi connectivity index (χ1v) is 4.48. The normalized spacial score (nSPS) is 33.4. The molecule has 2 rings (SSSR count). The smallest absolute Gasteiger partial charge is 0.120 e. The van der Waals surface area contributed by atoms with Crippen LogP contribution in [0.5, 0.6) is 0 Å². The van der Waals surface area contributed by atoms with Crippen LogP contribution in [0.3, 0.4) is 0 Å². The molecule has 0 bridgehead atoms. The maximum atomic E-state index is 10.1. The van der Waals surface area contributed by atoms with Crippen LogP contribution in [0.1, 0.15) is 32.1 Å². The second-order valence-corrected chi connectivity index (χ2v) is 4.08. The zero-order valence-corrected chi connectivity index (χ0v) is 6.75. The lowest BCUT2D eigenvalue weighted by molar-refractivity contribution is -0.108. The van der Waals surface area contributed by atoms with Crippen molar-refractivity contribution in [3.05, 3.63) is 0 Å². The van der Waals surface area contributed by atoms with Crippen molar-refractivity contribution >= 4 is 6.29 Å². The summed E-state index contributed by atoms with van der Waals surface area (Å²) in [6, 6.07) is 0.308. The molecular formula is C9H15NO. The molecule has 0 radical (unpaired) electrons. The third-order valence-electron chi connectivity index (χ3n) is 3.28. The molecule has 0 amide bonds. The average molecular weight is 153 g/mol. The van der Waals surface area contributed by atoms with Gasteiger partial charge in [-0.3, -0.25) is 0 Å². The summed E-state index contributed by atoms with van der Waals surface area (Å²) in [6.45, 7) is 0. The van der Waals surface area contributed by atoms with Gasteiger partial charge in [0, 0.05) is 12.5 Å². The van der Waals surface area contributed by atoms with E-state index in [1.807, 2.05) is 0 Å². The van der Waals surface area contributed by atoms with E-state index < -0.39 is 0 Å². The predicted molar refractivity (Wildman–Crippen MR) is 43.0 cm³/mol. The van der Waals surface area contributed by atoms with E-state index in [0.29, 0.717) is 17.9 Å². The van der Waals surface area contributed by atoms with Gasteiger partial charge in [-0.15, -0.1) is 0 Å². The van der Waals surface area contributed by atoms with E-state index in [4.69, 9.17) is 5.73 Å². The molecule has 0 saturated heterocycles. The second kappa shape index (κ2) is 2.31. The molecule has 0 aromatic carbocycles. The van der Waals surface area contributed by atoms with Crippen LogP contribution in [0.25, 0.3) is 0 Å². The number of nitrogens with two attached hydrogens (primary N) is 1. The van der Waals surface area contributed by atoms with Gasteiger partial charge in [-0.05, 0) is 37.0 Å². The standard InChI is InChI=1S/C9H15NO/c10-8(2-1-5-11)7-6-9(7)3-4-9/h5,7-8H,1-4,6,10H2. The minimum Gasteiger partial charge on any atom is -0.327 e. The summed E-state index contributed by atoms with van der Waals surface area (Å²) in [5, 5.41) is 0. The Balaban J connectivity index is 1.73. The van der Waals surface area contributed by atoms with Crippen LogP contribution in [0.2, 0.25) is 0 Å². The summed E-state index contributed by atoms with van der Waals surface area (Å²) in [5.41, 5.74) is 6.62. The first-order valence-electron chi connectivity index (χ1n) is 4.48. The lowest BCUT2D eigenvalue weighted by atomic mass is 10.1. The number of aldehydes is 1. The third-order valence-corrected chi connectivity index (χ3v) is 3.28. The summed E-state index contributed by atoms with van der Waals surface area (Å²) in [4.78, 5) is 10.1. The maximum Gasteiger partial charge on any atom is 0.120 e. The van der Waals surface area contributed by atoms with Crippen LogP contribution in [0, 0.1) is 11.3 Å². The molecule has 0 aliphatic heterocycles. The van der Waals surface area contributed by atoms with Gasteiger partial charge in [0.2, 0.25) is 0 Å².